The molecule has 0 fully saturated rings. The van der Waals surface area contributed by atoms with Crippen molar-refractivity contribution in [3.05, 3.63) is 30.3 Å². The second kappa shape index (κ2) is 6.89. The van der Waals surface area contributed by atoms with E-state index in [0.29, 0.717) is 0 Å². The average molecular weight is 366 g/mol. The van der Waals surface area contributed by atoms with Crippen molar-refractivity contribution < 1.29 is 24.0 Å². The van der Waals surface area contributed by atoms with Gasteiger partial charge in [-0.25, -0.2) is 0 Å². The van der Waals surface area contributed by atoms with Gasteiger partial charge in [-0.3, -0.25) is 0 Å². The van der Waals surface area contributed by atoms with Crippen molar-refractivity contribution in [3.63, 3.8) is 0 Å². The zero-order valence-electron chi connectivity index (χ0n) is 9.33. The number of hydrogen-bond acceptors (Lipinski definition) is 0. The van der Waals surface area contributed by atoms with Crippen LogP contribution in [-0.4, -0.2) is 13.6 Å². The van der Waals surface area contributed by atoms with Crippen molar-refractivity contribution >= 4 is 17.9 Å². The second-order valence-corrected chi connectivity index (χ2v) is 13.3. The first kappa shape index (κ1) is 14.5. The molecule has 1 aromatic rings. The van der Waals surface area contributed by atoms with Gasteiger partial charge in [-0.15, -0.1) is 0 Å². The Morgan fingerprint density at radius 1 is 0.857 bits per heavy atom. The van der Waals surface area contributed by atoms with Crippen molar-refractivity contribution in [1.82, 2.24) is 0 Å². The van der Waals surface area contributed by atoms with E-state index in [0.717, 1.165) is 0 Å². The van der Waals surface area contributed by atoms with E-state index in [2.05, 4.69) is 51.1 Å². The van der Waals surface area contributed by atoms with E-state index < -0.39 is 13.6 Å². The number of rotatable bonds is 4. The maximum absolute atomic E-state index is 2.37. The fraction of sp³-hybridized carbons (Fsp3) is 0.500. The topological polar surface area (TPSA) is 0 Å². The third-order valence-electron chi connectivity index (χ3n) is 3.12. The number of halogens is 1. The van der Waals surface area contributed by atoms with Crippen molar-refractivity contribution in [3.8, 4) is 0 Å². The summed E-state index contributed by atoms with van der Waals surface area (Å²) in [5.74, 6) is 0. The Bertz CT molecular complexity index is 233. The van der Waals surface area contributed by atoms with Crippen LogP contribution in [-0.2, 0) is 0 Å². The monoisotopic (exact) mass is 366 g/mol. The minimum Gasteiger partial charge on any atom is -1.00 e. The summed E-state index contributed by atoms with van der Waals surface area (Å²) < 4.78 is 1.67. The summed E-state index contributed by atoms with van der Waals surface area (Å²) in [6, 6.07) is 11.2. The third kappa shape index (κ3) is 3.00. The minimum atomic E-state index is -1.45. The summed E-state index contributed by atoms with van der Waals surface area (Å²) in [6.07, 6.45) is 0. The molecule has 0 aliphatic carbocycles. The molecule has 0 aliphatic rings. The van der Waals surface area contributed by atoms with Crippen molar-refractivity contribution in [1.29, 1.82) is 0 Å². The van der Waals surface area contributed by atoms with Gasteiger partial charge in [-0.05, 0) is 0 Å². The molecule has 0 saturated heterocycles. The van der Waals surface area contributed by atoms with Crippen LogP contribution in [0.5, 0.6) is 0 Å². The average Bonchev–Trinajstić information content (AvgIpc) is 2.23. The molecule has 14 heavy (non-hydrogen) atoms. The van der Waals surface area contributed by atoms with Gasteiger partial charge in [-0.1, -0.05) is 0 Å². The summed E-state index contributed by atoms with van der Waals surface area (Å²) in [6.45, 7) is 7.10. The van der Waals surface area contributed by atoms with E-state index in [-0.39, 0.29) is 24.0 Å². The SMILES string of the molecule is CC[As+](CC)(CC)c1ccccc1.[I-]. The Labute approximate surface area is 108 Å². The van der Waals surface area contributed by atoms with Crippen LogP contribution in [0.2, 0.25) is 15.6 Å². The molecule has 0 saturated carbocycles. The first-order valence-corrected chi connectivity index (χ1v) is 10.1. The Kier molecular flexibility index (Phi) is 7.15. The van der Waals surface area contributed by atoms with Gasteiger partial charge in [0.2, 0.25) is 0 Å². The van der Waals surface area contributed by atoms with E-state index in [1.807, 2.05) is 0 Å². The molecular formula is C12H20AsI. The van der Waals surface area contributed by atoms with E-state index in [4.69, 9.17) is 0 Å². The molecule has 1 aromatic carbocycles. The summed E-state index contributed by atoms with van der Waals surface area (Å²) in [7, 11) is 0. The maximum atomic E-state index is 2.37. The zero-order chi connectivity index (χ0) is 9.73. The van der Waals surface area contributed by atoms with E-state index in [1.165, 1.54) is 15.6 Å². The molecule has 2 heteroatoms. The van der Waals surface area contributed by atoms with E-state index >= 15 is 0 Å². The third-order valence-corrected chi connectivity index (χ3v) is 13.7. The molecule has 80 valence electrons. The van der Waals surface area contributed by atoms with Gasteiger partial charge in [-0.2, -0.15) is 0 Å². The van der Waals surface area contributed by atoms with E-state index in [9.17, 15) is 0 Å². The summed E-state index contributed by atoms with van der Waals surface area (Å²) in [5, 5.41) is 4.24. The molecule has 0 nitrogen and oxygen atoms in total. The van der Waals surface area contributed by atoms with Crippen LogP contribution in [0.1, 0.15) is 20.8 Å². The molecule has 0 radical (unpaired) electrons. The molecule has 0 spiro atoms. The van der Waals surface area contributed by atoms with Gasteiger partial charge in [0.05, 0.1) is 0 Å². The number of benzene rings is 1. The summed E-state index contributed by atoms with van der Waals surface area (Å²) in [5.41, 5.74) is 0. The molecule has 1 rings (SSSR count). The maximum Gasteiger partial charge on any atom is -1.00 e. The Morgan fingerprint density at radius 2 is 1.29 bits per heavy atom. The standard InChI is InChI=1S/C12H20As.HI/c1-4-13(5-2,6-3)12-10-8-7-9-11-12;/h7-11H,4-6H2,1-3H3;1H/q+1;/p-1. The van der Waals surface area contributed by atoms with Crippen LogP contribution in [0, 0.1) is 0 Å². The van der Waals surface area contributed by atoms with Crippen molar-refractivity contribution in [2.75, 3.05) is 0 Å². The van der Waals surface area contributed by atoms with Crippen LogP contribution in [0.25, 0.3) is 0 Å². The Balaban J connectivity index is 0.00000169. The molecule has 0 aromatic heterocycles. The van der Waals surface area contributed by atoms with Crippen LogP contribution >= 0.6 is 0 Å². The van der Waals surface area contributed by atoms with Crippen molar-refractivity contribution in [2.45, 2.75) is 36.4 Å². The molecular weight excluding hydrogens is 346 g/mol. The van der Waals surface area contributed by atoms with Crippen LogP contribution in [0.15, 0.2) is 30.3 Å². The molecule has 0 amide bonds. The Morgan fingerprint density at radius 3 is 1.64 bits per heavy atom. The molecule has 0 heterocycles. The molecule has 0 bridgehead atoms. The Hall–Kier alpha value is 0.508. The van der Waals surface area contributed by atoms with Crippen molar-refractivity contribution in [2.24, 2.45) is 0 Å². The van der Waals surface area contributed by atoms with Gasteiger partial charge in [0.15, 0.2) is 0 Å². The molecule has 0 aliphatic heterocycles. The predicted molar refractivity (Wildman–Crippen MR) is 63.3 cm³/mol. The van der Waals surface area contributed by atoms with Gasteiger partial charge in [0, 0.05) is 0 Å². The summed E-state index contributed by atoms with van der Waals surface area (Å²) >= 11 is -1.45. The van der Waals surface area contributed by atoms with Gasteiger partial charge >= 0.3 is 84.6 Å². The first-order chi connectivity index (χ1) is 6.29. The van der Waals surface area contributed by atoms with Gasteiger partial charge in [0.1, 0.15) is 0 Å². The molecule has 0 atom stereocenters. The normalized spacial score (nSPS) is 10.8. The van der Waals surface area contributed by atoms with Crippen LogP contribution in [0.4, 0.5) is 0 Å². The predicted octanol–water partition coefficient (Wildman–Crippen LogP) is 0.406. The van der Waals surface area contributed by atoms with Gasteiger partial charge in [0.25, 0.3) is 0 Å². The number of hydrogen-bond donors (Lipinski definition) is 0. The van der Waals surface area contributed by atoms with Crippen LogP contribution < -0.4 is 28.3 Å². The van der Waals surface area contributed by atoms with Gasteiger partial charge < -0.3 is 24.0 Å². The fourth-order valence-corrected chi connectivity index (χ4v) is 8.76. The second-order valence-electron chi connectivity index (χ2n) is 3.43. The minimum absolute atomic E-state index is 0. The fourth-order valence-electron chi connectivity index (χ4n) is 1.96. The van der Waals surface area contributed by atoms with Crippen LogP contribution in [0.3, 0.4) is 0 Å². The molecule has 0 unspecified atom stereocenters. The smallest absolute Gasteiger partial charge is 1.00 e. The van der Waals surface area contributed by atoms with E-state index in [1.54, 1.807) is 4.35 Å². The zero-order valence-corrected chi connectivity index (χ0v) is 13.4. The quantitative estimate of drug-likeness (QED) is 0.535. The molecule has 0 N–H and O–H groups in total. The largest absolute Gasteiger partial charge is 1.00 e. The first-order valence-electron chi connectivity index (χ1n) is 5.20. The summed E-state index contributed by atoms with van der Waals surface area (Å²) in [4.78, 5) is 0.